The van der Waals surface area contributed by atoms with E-state index in [0.717, 1.165) is 43.8 Å². The van der Waals surface area contributed by atoms with Gasteiger partial charge in [0.15, 0.2) is 5.84 Å². The van der Waals surface area contributed by atoms with Crippen LogP contribution in [-0.2, 0) is 12.6 Å². The third-order valence-corrected chi connectivity index (χ3v) is 7.07. The number of rotatable bonds is 2. The average Bonchev–Trinajstić information content (AvgIpc) is 3.45. The number of aliphatic imine (C=N–C) groups is 2. The molecule has 0 amide bonds. The van der Waals surface area contributed by atoms with Gasteiger partial charge in [-0.1, -0.05) is 25.4 Å². The number of piperazine rings is 1. The third kappa shape index (κ3) is 4.92. The number of hydrogen-bond acceptors (Lipinski definition) is 4. The van der Waals surface area contributed by atoms with Gasteiger partial charge in [0, 0.05) is 32.1 Å². The van der Waals surface area contributed by atoms with Crippen LogP contribution in [0.15, 0.2) is 22.1 Å². The van der Waals surface area contributed by atoms with Gasteiger partial charge < -0.3 is 10.2 Å². The van der Waals surface area contributed by atoms with Crippen molar-refractivity contribution in [3.63, 3.8) is 0 Å². The second-order valence-electron chi connectivity index (χ2n) is 9.21. The number of benzene rings is 1. The van der Waals surface area contributed by atoms with E-state index < -0.39 is 11.7 Å². The summed E-state index contributed by atoms with van der Waals surface area (Å²) >= 11 is 6.38. The van der Waals surface area contributed by atoms with Gasteiger partial charge in [0.25, 0.3) is 0 Å². The molecule has 0 spiro atoms. The number of aryl methyl sites for hydroxylation is 1. The standard InChI is InChI=1S/C23H30ClF3N4/c1-13-4-5-16-11-17(23(25,26)27)12-19(24)21(16)30-22(31-8-6-28-7-9-31)20(13)29-15(3)18-10-14(18)2/h11-15,18,28H,4-10H2,1-3H3. The van der Waals surface area contributed by atoms with Gasteiger partial charge >= 0.3 is 6.18 Å². The second-order valence-corrected chi connectivity index (χ2v) is 9.61. The molecule has 1 aliphatic carbocycles. The van der Waals surface area contributed by atoms with E-state index in [9.17, 15) is 13.2 Å². The first kappa shape index (κ1) is 22.6. The van der Waals surface area contributed by atoms with Crippen LogP contribution in [0.3, 0.4) is 0 Å². The Bertz CT molecular complexity index is 890. The molecule has 4 atom stereocenters. The molecule has 1 N–H and O–H groups in total. The summed E-state index contributed by atoms with van der Waals surface area (Å²) in [4.78, 5) is 12.3. The fourth-order valence-electron chi connectivity index (χ4n) is 4.66. The van der Waals surface area contributed by atoms with Crippen LogP contribution in [0.1, 0.15) is 44.7 Å². The molecule has 4 unspecified atom stereocenters. The average molecular weight is 455 g/mol. The van der Waals surface area contributed by atoms with E-state index in [1.807, 2.05) is 0 Å². The maximum absolute atomic E-state index is 13.4. The summed E-state index contributed by atoms with van der Waals surface area (Å²) in [5.41, 5.74) is 1.27. The molecular formula is C23H30ClF3N4. The zero-order valence-electron chi connectivity index (χ0n) is 18.3. The summed E-state index contributed by atoms with van der Waals surface area (Å²) in [5, 5.41) is 3.40. The fraction of sp³-hybridized carbons (Fsp3) is 0.652. The maximum atomic E-state index is 13.4. The van der Waals surface area contributed by atoms with Crippen molar-refractivity contribution < 1.29 is 13.2 Å². The molecule has 1 saturated carbocycles. The molecule has 31 heavy (non-hydrogen) atoms. The number of hydrogen-bond donors (Lipinski definition) is 1. The van der Waals surface area contributed by atoms with Crippen LogP contribution < -0.4 is 5.32 Å². The van der Waals surface area contributed by atoms with E-state index in [4.69, 9.17) is 21.6 Å². The van der Waals surface area contributed by atoms with E-state index in [1.165, 1.54) is 12.5 Å². The Hall–Kier alpha value is -1.60. The Morgan fingerprint density at radius 1 is 1.23 bits per heavy atom. The second kappa shape index (κ2) is 8.74. The minimum Gasteiger partial charge on any atom is -0.353 e. The summed E-state index contributed by atoms with van der Waals surface area (Å²) in [7, 11) is 0. The fourth-order valence-corrected chi connectivity index (χ4v) is 4.94. The van der Waals surface area contributed by atoms with Gasteiger partial charge in [-0.25, -0.2) is 4.99 Å². The van der Waals surface area contributed by atoms with Crippen molar-refractivity contribution in [1.82, 2.24) is 10.2 Å². The lowest BCUT2D eigenvalue weighted by atomic mass is 9.91. The minimum atomic E-state index is -4.43. The van der Waals surface area contributed by atoms with E-state index in [1.54, 1.807) is 0 Å². The molecule has 4 rings (SSSR count). The summed E-state index contributed by atoms with van der Waals surface area (Å²) in [6.45, 7) is 9.77. The molecule has 4 nitrogen and oxygen atoms in total. The van der Waals surface area contributed by atoms with Crippen molar-refractivity contribution in [2.75, 3.05) is 26.2 Å². The number of alkyl halides is 3. The van der Waals surface area contributed by atoms with E-state index >= 15 is 0 Å². The van der Waals surface area contributed by atoms with E-state index in [0.29, 0.717) is 35.9 Å². The Morgan fingerprint density at radius 3 is 2.52 bits per heavy atom. The lowest BCUT2D eigenvalue weighted by molar-refractivity contribution is -0.137. The van der Waals surface area contributed by atoms with Crippen molar-refractivity contribution >= 4 is 28.8 Å². The van der Waals surface area contributed by atoms with Crippen LogP contribution >= 0.6 is 11.6 Å². The molecule has 2 aliphatic heterocycles. The molecule has 8 heteroatoms. The Morgan fingerprint density at radius 2 is 1.90 bits per heavy atom. The molecule has 170 valence electrons. The predicted molar refractivity (Wildman–Crippen MR) is 120 cm³/mol. The van der Waals surface area contributed by atoms with Crippen molar-refractivity contribution in [3.05, 3.63) is 28.3 Å². The first-order valence-corrected chi connectivity index (χ1v) is 11.5. The molecule has 0 aromatic heterocycles. The Balaban J connectivity index is 1.82. The van der Waals surface area contributed by atoms with Gasteiger partial charge in [-0.2, -0.15) is 13.2 Å². The maximum Gasteiger partial charge on any atom is 0.416 e. The molecule has 0 radical (unpaired) electrons. The van der Waals surface area contributed by atoms with Crippen LogP contribution in [0.4, 0.5) is 18.9 Å². The highest BCUT2D eigenvalue weighted by molar-refractivity contribution is 6.43. The van der Waals surface area contributed by atoms with Gasteiger partial charge in [0.2, 0.25) is 0 Å². The van der Waals surface area contributed by atoms with Gasteiger partial charge in [0.1, 0.15) is 0 Å². The van der Waals surface area contributed by atoms with E-state index in [2.05, 4.69) is 31.0 Å². The van der Waals surface area contributed by atoms with Crippen LogP contribution in [0.25, 0.3) is 0 Å². The zero-order chi connectivity index (χ0) is 22.3. The SMILES string of the molecule is CC1CCc2cc(C(F)(F)F)cc(Cl)c2N=C(N2CCNCC2)C1=NC(C)C1CC1C. The first-order valence-electron chi connectivity index (χ1n) is 11.2. The number of nitrogens with zero attached hydrogens (tertiary/aromatic N) is 3. The lowest BCUT2D eigenvalue weighted by Gasteiger charge is -2.34. The first-order chi connectivity index (χ1) is 14.6. The summed E-state index contributed by atoms with van der Waals surface area (Å²) < 4.78 is 40.1. The molecular weight excluding hydrogens is 425 g/mol. The third-order valence-electron chi connectivity index (χ3n) is 6.78. The highest BCUT2D eigenvalue weighted by Gasteiger charge is 2.38. The molecule has 1 saturated heterocycles. The van der Waals surface area contributed by atoms with Gasteiger partial charge in [-0.3, -0.25) is 4.99 Å². The summed E-state index contributed by atoms with van der Waals surface area (Å²) in [5.74, 6) is 2.17. The van der Waals surface area contributed by atoms with Crippen LogP contribution in [0, 0.1) is 17.8 Å². The highest BCUT2D eigenvalue weighted by Crippen LogP contribution is 2.43. The molecule has 1 aromatic rings. The smallest absolute Gasteiger partial charge is 0.353 e. The lowest BCUT2D eigenvalue weighted by Crippen LogP contribution is -2.50. The minimum absolute atomic E-state index is 0.0511. The van der Waals surface area contributed by atoms with Crippen molar-refractivity contribution in [1.29, 1.82) is 0 Å². The number of nitrogens with one attached hydrogen (secondary N) is 1. The Labute approximate surface area is 187 Å². The largest absolute Gasteiger partial charge is 0.416 e. The van der Waals surface area contributed by atoms with Crippen LogP contribution in [0.5, 0.6) is 0 Å². The molecule has 2 heterocycles. The molecule has 3 aliphatic rings. The number of amidine groups is 1. The predicted octanol–water partition coefficient (Wildman–Crippen LogP) is 5.36. The number of fused-ring (bicyclic) bond motifs is 1. The normalized spacial score (nSPS) is 29.1. The topological polar surface area (TPSA) is 40.0 Å². The quantitative estimate of drug-likeness (QED) is 0.653. The molecule has 1 aromatic carbocycles. The van der Waals surface area contributed by atoms with E-state index in [-0.39, 0.29) is 17.0 Å². The van der Waals surface area contributed by atoms with Gasteiger partial charge in [-0.05, 0) is 55.7 Å². The monoisotopic (exact) mass is 454 g/mol. The molecule has 2 fully saturated rings. The van der Waals surface area contributed by atoms with Crippen molar-refractivity contribution in [3.8, 4) is 0 Å². The highest BCUT2D eigenvalue weighted by atomic mass is 35.5. The van der Waals surface area contributed by atoms with Crippen LogP contribution in [-0.4, -0.2) is 48.7 Å². The Kier molecular flexibility index (Phi) is 6.37. The van der Waals surface area contributed by atoms with Gasteiger partial charge in [-0.15, -0.1) is 0 Å². The molecule has 0 bridgehead atoms. The van der Waals surface area contributed by atoms with Gasteiger partial charge in [0.05, 0.1) is 28.0 Å². The summed E-state index contributed by atoms with van der Waals surface area (Å²) in [6, 6.07) is 2.42. The number of halogens is 4. The zero-order valence-corrected chi connectivity index (χ0v) is 19.0. The summed E-state index contributed by atoms with van der Waals surface area (Å²) in [6.07, 6.45) is -2.03. The van der Waals surface area contributed by atoms with Crippen LogP contribution in [0.2, 0.25) is 5.02 Å². The van der Waals surface area contributed by atoms with Crippen molar-refractivity contribution in [2.45, 2.75) is 52.3 Å². The van der Waals surface area contributed by atoms with Crippen molar-refractivity contribution in [2.24, 2.45) is 27.7 Å².